The fourth-order valence-electron chi connectivity index (χ4n) is 2.69. The topological polar surface area (TPSA) is 60.8 Å². The number of carbonyl (C=O) groups is 2. The standard InChI is InChI=1S/C17H18N2O4/c1-3-22-16(20)12-9-15-13-7-5-6-8-14(13)19(11-18(15)10-12)17(21)23-4-2/h5-10H,3-4,11H2,1-2H3. The minimum Gasteiger partial charge on any atom is -0.462 e. The molecule has 2 aromatic rings. The summed E-state index contributed by atoms with van der Waals surface area (Å²) < 4.78 is 12.0. The van der Waals surface area contributed by atoms with Gasteiger partial charge in [-0.15, -0.1) is 0 Å². The average molecular weight is 314 g/mol. The number of benzene rings is 1. The van der Waals surface area contributed by atoms with Gasteiger partial charge in [0.05, 0.1) is 30.2 Å². The second-order valence-corrected chi connectivity index (χ2v) is 5.09. The number of aromatic nitrogens is 1. The van der Waals surface area contributed by atoms with Crippen molar-refractivity contribution >= 4 is 17.7 Å². The van der Waals surface area contributed by atoms with E-state index < -0.39 is 6.09 Å². The maximum atomic E-state index is 12.2. The molecule has 1 aromatic heterocycles. The molecule has 0 bridgehead atoms. The van der Waals surface area contributed by atoms with Crippen LogP contribution in [-0.4, -0.2) is 29.8 Å². The Morgan fingerprint density at radius 2 is 1.87 bits per heavy atom. The third-order valence-electron chi connectivity index (χ3n) is 3.66. The molecule has 3 rings (SSSR count). The first kappa shape index (κ1) is 15.1. The fraction of sp³-hybridized carbons (Fsp3) is 0.294. The Morgan fingerprint density at radius 1 is 1.13 bits per heavy atom. The van der Waals surface area contributed by atoms with Gasteiger partial charge in [0.25, 0.3) is 0 Å². The molecule has 0 saturated carbocycles. The van der Waals surface area contributed by atoms with Gasteiger partial charge in [0, 0.05) is 11.8 Å². The van der Waals surface area contributed by atoms with Crippen LogP contribution in [0.25, 0.3) is 11.3 Å². The van der Waals surface area contributed by atoms with Crippen molar-refractivity contribution in [2.45, 2.75) is 20.5 Å². The molecule has 0 aliphatic carbocycles. The lowest BCUT2D eigenvalue weighted by Gasteiger charge is -2.30. The molecule has 120 valence electrons. The second-order valence-electron chi connectivity index (χ2n) is 5.09. The smallest absolute Gasteiger partial charge is 0.415 e. The quantitative estimate of drug-likeness (QED) is 0.816. The summed E-state index contributed by atoms with van der Waals surface area (Å²) in [7, 11) is 0. The molecule has 0 atom stereocenters. The van der Waals surface area contributed by atoms with E-state index in [9.17, 15) is 9.59 Å². The molecule has 0 radical (unpaired) electrons. The molecule has 2 heterocycles. The molecule has 1 aliphatic heterocycles. The maximum Gasteiger partial charge on any atom is 0.415 e. The van der Waals surface area contributed by atoms with Crippen molar-refractivity contribution < 1.29 is 19.1 Å². The van der Waals surface area contributed by atoms with Gasteiger partial charge < -0.3 is 14.0 Å². The van der Waals surface area contributed by atoms with E-state index >= 15 is 0 Å². The van der Waals surface area contributed by atoms with E-state index in [-0.39, 0.29) is 5.97 Å². The number of esters is 1. The summed E-state index contributed by atoms with van der Waals surface area (Å²) in [5, 5.41) is 0. The summed E-state index contributed by atoms with van der Waals surface area (Å²) in [6.07, 6.45) is 1.30. The highest BCUT2D eigenvalue weighted by Gasteiger charge is 2.28. The zero-order valence-corrected chi connectivity index (χ0v) is 13.1. The predicted octanol–water partition coefficient (Wildman–Crippen LogP) is 3.27. The first-order chi connectivity index (χ1) is 11.2. The van der Waals surface area contributed by atoms with E-state index in [1.165, 1.54) is 0 Å². The van der Waals surface area contributed by atoms with Gasteiger partial charge in [-0.1, -0.05) is 18.2 Å². The van der Waals surface area contributed by atoms with Gasteiger partial charge in [0.1, 0.15) is 6.67 Å². The Labute approximate surface area is 134 Å². The number of rotatable bonds is 3. The molecule has 1 aliphatic rings. The van der Waals surface area contributed by atoms with E-state index in [1.807, 2.05) is 28.8 Å². The highest BCUT2D eigenvalue weighted by atomic mass is 16.6. The summed E-state index contributed by atoms with van der Waals surface area (Å²) in [5.41, 5.74) is 3.00. The Bertz CT molecular complexity index is 751. The lowest BCUT2D eigenvalue weighted by molar-refractivity contribution is 0.0526. The number of nitrogens with zero attached hydrogens (tertiary/aromatic N) is 2. The van der Waals surface area contributed by atoms with E-state index in [1.54, 1.807) is 31.0 Å². The van der Waals surface area contributed by atoms with E-state index in [0.717, 1.165) is 16.9 Å². The van der Waals surface area contributed by atoms with Crippen molar-refractivity contribution in [1.82, 2.24) is 4.57 Å². The monoisotopic (exact) mass is 314 g/mol. The van der Waals surface area contributed by atoms with Crippen molar-refractivity contribution in [3.8, 4) is 11.3 Å². The third-order valence-corrected chi connectivity index (χ3v) is 3.66. The molecule has 0 spiro atoms. The average Bonchev–Trinajstić information content (AvgIpc) is 2.99. The Kier molecular flexibility index (Phi) is 4.06. The van der Waals surface area contributed by atoms with Crippen LogP contribution in [0.1, 0.15) is 24.2 Å². The lowest BCUT2D eigenvalue weighted by Crippen LogP contribution is -2.36. The number of ether oxygens (including phenoxy) is 2. The lowest BCUT2D eigenvalue weighted by atomic mass is 10.1. The minimum absolute atomic E-state index is 0.296. The number of carbonyl (C=O) groups excluding carboxylic acids is 2. The highest BCUT2D eigenvalue weighted by molar-refractivity contribution is 5.97. The van der Waals surface area contributed by atoms with Crippen molar-refractivity contribution in [2.75, 3.05) is 18.1 Å². The van der Waals surface area contributed by atoms with Crippen LogP contribution in [-0.2, 0) is 16.1 Å². The van der Waals surface area contributed by atoms with Crippen LogP contribution in [0.2, 0.25) is 0 Å². The first-order valence-electron chi connectivity index (χ1n) is 7.56. The van der Waals surface area contributed by atoms with Crippen LogP contribution < -0.4 is 4.90 Å². The van der Waals surface area contributed by atoms with Gasteiger partial charge in [-0.25, -0.2) is 9.59 Å². The van der Waals surface area contributed by atoms with Crippen molar-refractivity contribution in [3.05, 3.63) is 42.1 Å². The SMILES string of the molecule is CCOC(=O)c1cc2n(c1)CN(C(=O)OCC)c1ccccc1-2. The Hall–Kier alpha value is -2.76. The normalized spacial score (nSPS) is 12.3. The first-order valence-corrected chi connectivity index (χ1v) is 7.56. The van der Waals surface area contributed by atoms with E-state index in [0.29, 0.717) is 25.4 Å². The van der Waals surface area contributed by atoms with Crippen LogP contribution in [0.4, 0.5) is 10.5 Å². The van der Waals surface area contributed by atoms with Crippen molar-refractivity contribution in [2.24, 2.45) is 0 Å². The van der Waals surface area contributed by atoms with Crippen LogP contribution in [0.5, 0.6) is 0 Å². The van der Waals surface area contributed by atoms with Crippen LogP contribution in [0.15, 0.2) is 36.5 Å². The van der Waals surface area contributed by atoms with Crippen LogP contribution >= 0.6 is 0 Å². The number of fused-ring (bicyclic) bond motifs is 3. The minimum atomic E-state index is -0.406. The summed E-state index contributed by atoms with van der Waals surface area (Å²) in [4.78, 5) is 25.7. The van der Waals surface area contributed by atoms with Gasteiger partial charge in [-0.2, -0.15) is 0 Å². The van der Waals surface area contributed by atoms with Gasteiger partial charge >= 0.3 is 12.1 Å². The maximum absolute atomic E-state index is 12.2. The molecule has 23 heavy (non-hydrogen) atoms. The number of para-hydroxylation sites is 1. The molecule has 0 saturated heterocycles. The predicted molar refractivity (Wildman–Crippen MR) is 85.3 cm³/mol. The van der Waals surface area contributed by atoms with Crippen LogP contribution in [0.3, 0.4) is 0 Å². The van der Waals surface area contributed by atoms with Gasteiger partial charge in [0.2, 0.25) is 0 Å². The molecule has 6 heteroatoms. The second kappa shape index (κ2) is 6.16. The van der Waals surface area contributed by atoms with Gasteiger partial charge in [0.15, 0.2) is 0 Å². The largest absolute Gasteiger partial charge is 0.462 e. The zero-order chi connectivity index (χ0) is 16.4. The summed E-state index contributed by atoms with van der Waals surface area (Å²) in [6.45, 7) is 4.47. The molecular weight excluding hydrogens is 296 g/mol. The van der Waals surface area contributed by atoms with Gasteiger partial charge in [-0.05, 0) is 26.0 Å². The molecular formula is C17H18N2O4. The van der Waals surface area contributed by atoms with Crippen molar-refractivity contribution in [1.29, 1.82) is 0 Å². The Balaban J connectivity index is 2.03. The molecule has 0 fully saturated rings. The van der Waals surface area contributed by atoms with Crippen molar-refractivity contribution in [3.63, 3.8) is 0 Å². The number of amides is 1. The number of anilines is 1. The Morgan fingerprint density at radius 3 is 2.61 bits per heavy atom. The summed E-state index contributed by atoms with van der Waals surface area (Å²) in [5.74, 6) is -0.366. The highest BCUT2D eigenvalue weighted by Crippen LogP contribution is 2.37. The number of hydrogen-bond acceptors (Lipinski definition) is 4. The van der Waals surface area contributed by atoms with Crippen LogP contribution in [0, 0.1) is 0 Å². The zero-order valence-electron chi connectivity index (χ0n) is 13.1. The summed E-state index contributed by atoms with van der Waals surface area (Å²) >= 11 is 0. The van der Waals surface area contributed by atoms with E-state index in [4.69, 9.17) is 9.47 Å². The molecule has 0 N–H and O–H groups in total. The summed E-state index contributed by atoms with van der Waals surface area (Å²) in [6, 6.07) is 9.35. The number of hydrogen-bond donors (Lipinski definition) is 0. The molecule has 1 aromatic carbocycles. The molecule has 1 amide bonds. The fourth-order valence-corrected chi connectivity index (χ4v) is 2.69. The van der Waals surface area contributed by atoms with E-state index in [2.05, 4.69) is 0 Å². The third kappa shape index (κ3) is 2.67. The van der Waals surface area contributed by atoms with Gasteiger partial charge in [-0.3, -0.25) is 4.90 Å². The molecule has 0 unspecified atom stereocenters. The molecule has 6 nitrogen and oxygen atoms in total.